The van der Waals surface area contributed by atoms with Crippen LogP contribution in [0.1, 0.15) is 26.5 Å². The van der Waals surface area contributed by atoms with Gasteiger partial charge in [0.2, 0.25) is 5.91 Å². The van der Waals surface area contributed by atoms with E-state index in [1.54, 1.807) is 17.7 Å². The predicted octanol–water partition coefficient (Wildman–Crippen LogP) is 3.48. The van der Waals surface area contributed by atoms with Gasteiger partial charge in [-0.25, -0.2) is 4.79 Å². The molecule has 0 aliphatic heterocycles. The highest BCUT2D eigenvalue weighted by molar-refractivity contribution is 7.99. The fraction of sp³-hybridized carbons (Fsp3) is 0.150. The van der Waals surface area contributed by atoms with Crippen LogP contribution in [0.2, 0.25) is 10.0 Å². The number of anilines is 1. The number of nitrogens with zero attached hydrogens (tertiary/aromatic N) is 3. The molecule has 0 spiro atoms. The van der Waals surface area contributed by atoms with Gasteiger partial charge in [-0.3, -0.25) is 9.59 Å². The summed E-state index contributed by atoms with van der Waals surface area (Å²) in [5.74, 6) is -1.13. The Morgan fingerprint density at radius 2 is 1.81 bits per heavy atom. The number of aromatic carboxylic acids is 1. The summed E-state index contributed by atoms with van der Waals surface area (Å²) < 4.78 is 1.67. The van der Waals surface area contributed by atoms with Gasteiger partial charge in [0.15, 0.2) is 11.0 Å². The van der Waals surface area contributed by atoms with Gasteiger partial charge in [-0.15, -0.1) is 10.2 Å². The number of aromatic nitrogens is 3. The van der Waals surface area contributed by atoms with Crippen LogP contribution in [0.15, 0.2) is 47.6 Å². The average Bonchev–Trinajstić information content (AvgIpc) is 3.10. The lowest BCUT2D eigenvalue weighted by Gasteiger charge is -2.08. The Bertz CT molecular complexity index is 1170. The van der Waals surface area contributed by atoms with Gasteiger partial charge in [0.1, 0.15) is 0 Å². The van der Waals surface area contributed by atoms with Crippen LogP contribution < -0.4 is 10.6 Å². The van der Waals surface area contributed by atoms with Crippen molar-refractivity contribution in [2.75, 3.05) is 11.1 Å². The molecule has 0 radical (unpaired) electrons. The van der Waals surface area contributed by atoms with Crippen LogP contribution in [0.25, 0.3) is 0 Å². The van der Waals surface area contributed by atoms with Crippen molar-refractivity contribution >= 4 is 58.4 Å². The molecular weight excluding hydrogens is 477 g/mol. The summed E-state index contributed by atoms with van der Waals surface area (Å²) >= 11 is 13.1. The predicted molar refractivity (Wildman–Crippen MR) is 121 cm³/mol. The number of carboxylic acids is 1. The number of thioether (sulfide) groups is 1. The Morgan fingerprint density at radius 1 is 1.09 bits per heavy atom. The van der Waals surface area contributed by atoms with E-state index in [9.17, 15) is 14.4 Å². The second-order valence-corrected chi connectivity index (χ2v) is 8.27. The fourth-order valence-corrected chi connectivity index (χ4v) is 3.80. The molecule has 0 bridgehead atoms. The zero-order valence-electron chi connectivity index (χ0n) is 16.6. The second-order valence-electron chi connectivity index (χ2n) is 6.48. The number of amides is 2. The number of carbonyl (C=O) groups is 3. The lowest BCUT2D eigenvalue weighted by molar-refractivity contribution is -0.113. The normalized spacial score (nSPS) is 10.6. The summed E-state index contributed by atoms with van der Waals surface area (Å²) in [6, 6.07) is 10.4. The van der Waals surface area contributed by atoms with Crippen molar-refractivity contribution in [2.24, 2.45) is 7.05 Å². The van der Waals surface area contributed by atoms with Crippen LogP contribution in [0.5, 0.6) is 0 Å². The second kappa shape index (κ2) is 10.5. The molecule has 166 valence electrons. The minimum atomic E-state index is -1.04. The number of hydrogen-bond acceptors (Lipinski definition) is 6. The van der Waals surface area contributed by atoms with Gasteiger partial charge in [-0.1, -0.05) is 35.0 Å². The standard InChI is InChI=1S/C20H17Cl2N5O4S/c1-27-16(9-23-18(29)14-7-4-12(21)8-15(14)22)25-26-20(27)32-10-17(28)24-13-5-2-11(3-6-13)19(30)31/h2-8H,9-10H2,1H3,(H,23,29)(H,24,28)(H,30,31). The van der Waals surface area contributed by atoms with E-state index in [4.69, 9.17) is 28.3 Å². The van der Waals surface area contributed by atoms with E-state index in [-0.39, 0.29) is 34.7 Å². The van der Waals surface area contributed by atoms with Crippen LogP contribution in [0.4, 0.5) is 5.69 Å². The van der Waals surface area contributed by atoms with Gasteiger partial charge < -0.3 is 20.3 Å². The lowest BCUT2D eigenvalue weighted by atomic mass is 10.2. The number of carbonyl (C=O) groups excluding carboxylic acids is 2. The molecule has 3 aromatic rings. The first-order valence-corrected chi connectivity index (χ1v) is 10.9. The van der Waals surface area contributed by atoms with Gasteiger partial charge in [-0.2, -0.15) is 0 Å². The maximum atomic E-state index is 12.3. The Labute approximate surface area is 197 Å². The molecule has 2 amide bonds. The summed E-state index contributed by atoms with van der Waals surface area (Å²) in [4.78, 5) is 35.4. The van der Waals surface area contributed by atoms with Gasteiger partial charge in [-0.05, 0) is 42.5 Å². The molecule has 0 fully saturated rings. The molecule has 1 aromatic heterocycles. The van der Waals surface area contributed by atoms with Crippen LogP contribution in [0, 0.1) is 0 Å². The number of carboxylic acid groups (broad SMARTS) is 1. The molecule has 32 heavy (non-hydrogen) atoms. The van der Waals surface area contributed by atoms with Crippen molar-refractivity contribution in [3.8, 4) is 0 Å². The number of rotatable bonds is 8. The van der Waals surface area contributed by atoms with Crippen LogP contribution in [0.3, 0.4) is 0 Å². The summed E-state index contributed by atoms with van der Waals surface area (Å²) in [6.07, 6.45) is 0. The van der Waals surface area contributed by atoms with Crippen LogP contribution >= 0.6 is 35.0 Å². The monoisotopic (exact) mass is 493 g/mol. The van der Waals surface area contributed by atoms with Crippen molar-refractivity contribution in [1.82, 2.24) is 20.1 Å². The molecule has 0 unspecified atom stereocenters. The maximum absolute atomic E-state index is 12.3. The third kappa shape index (κ3) is 6.00. The SMILES string of the molecule is Cn1c(CNC(=O)c2ccc(Cl)cc2Cl)nnc1SCC(=O)Nc1ccc(C(=O)O)cc1. The number of halogens is 2. The highest BCUT2D eigenvalue weighted by Crippen LogP contribution is 2.21. The first-order valence-electron chi connectivity index (χ1n) is 9.12. The van der Waals surface area contributed by atoms with E-state index in [1.165, 1.54) is 48.2 Å². The molecule has 0 saturated heterocycles. The molecule has 12 heteroatoms. The van der Waals surface area contributed by atoms with E-state index in [2.05, 4.69) is 20.8 Å². The molecule has 3 rings (SSSR count). The van der Waals surface area contributed by atoms with E-state index < -0.39 is 5.97 Å². The Balaban J connectivity index is 1.52. The minimum Gasteiger partial charge on any atom is -0.478 e. The third-order valence-corrected chi connectivity index (χ3v) is 5.82. The first-order chi connectivity index (χ1) is 15.2. The minimum absolute atomic E-state index is 0.0688. The molecular formula is C20H17Cl2N5O4S. The molecule has 2 aromatic carbocycles. The average molecular weight is 494 g/mol. The molecule has 0 saturated carbocycles. The van der Waals surface area contributed by atoms with E-state index in [0.717, 1.165) is 0 Å². The summed E-state index contributed by atoms with van der Waals surface area (Å²) in [5.41, 5.74) is 0.915. The molecule has 0 aliphatic carbocycles. The maximum Gasteiger partial charge on any atom is 0.335 e. The molecule has 1 heterocycles. The van der Waals surface area contributed by atoms with Gasteiger partial charge in [0.25, 0.3) is 5.91 Å². The van der Waals surface area contributed by atoms with Crippen molar-refractivity contribution in [1.29, 1.82) is 0 Å². The number of benzene rings is 2. The Kier molecular flexibility index (Phi) is 7.73. The highest BCUT2D eigenvalue weighted by atomic mass is 35.5. The Morgan fingerprint density at radius 3 is 2.47 bits per heavy atom. The summed E-state index contributed by atoms with van der Waals surface area (Å²) in [5, 5.41) is 23.6. The van der Waals surface area contributed by atoms with E-state index in [1.807, 2.05) is 0 Å². The van der Waals surface area contributed by atoms with Crippen LogP contribution in [-0.2, 0) is 18.4 Å². The quantitative estimate of drug-likeness (QED) is 0.410. The largest absolute Gasteiger partial charge is 0.478 e. The summed E-state index contributed by atoms with van der Waals surface area (Å²) in [7, 11) is 1.72. The molecule has 9 nitrogen and oxygen atoms in total. The van der Waals surface area contributed by atoms with Crippen molar-refractivity contribution in [2.45, 2.75) is 11.7 Å². The number of hydrogen-bond donors (Lipinski definition) is 3. The smallest absolute Gasteiger partial charge is 0.335 e. The van der Waals surface area contributed by atoms with Gasteiger partial charge >= 0.3 is 5.97 Å². The highest BCUT2D eigenvalue weighted by Gasteiger charge is 2.15. The fourth-order valence-electron chi connectivity index (χ4n) is 2.58. The zero-order chi connectivity index (χ0) is 23.3. The molecule has 0 aliphatic rings. The third-order valence-electron chi connectivity index (χ3n) is 4.26. The number of nitrogens with one attached hydrogen (secondary N) is 2. The summed E-state index contributed by atoms with van der Waals surface area (Å²) in [6.45, 7) is 0.115. The van der Waals surface area contributed by atoms with E-state index in [0.29, 0.717) is 27.3 Å². The van der Waals surface area contributed by atoms with Crippen molar-refractivity contribution in [3.05, 3.63) is 69.5 Å². The van der Waals surface area contributed by atoms with E-state index >= 15 is 0 Å². The topological polar surface area (TPSA) is 126 Å². The van der Waals surface area contributed by atoms with Gasteiger partial charge in [0.05, 0.1) is 28.4 Å². The molecule has 3 N–H and O–H groups in total. The lowest BCUT2D eigenvalue weighted by Crippen LogP contribution is -2.24. The first kappa shape index (κ1) is 23.6. The Hall–Kier alpha value is -3.08. The van der Waals surface area contributed by atoms with Crippen molar-refractivity contribution < 1.29 is 19.5 Å². The van der Waals surface area contributed by atoms with Gasteiger partial charge in [0, 0.05) is 17.8 Å². The van der Waals surface area contributed by atoms with Crippen LogP contribution in [-0.4, -0.2) is 43.4 Å². The zero-order valence-corrected chi connectivity index (χ0v) is 19.0. The molecule has 0 atom stereocenters. The van der Waals surface area contributed by atoms with Crippen molar-refractivity contribution in [3.63, 3.8) is 0 Å².